The topological polar surface area (TPSA) is 95.9 Å². The Bertz CT molecular complexity index is 457. The molecule has 7 heteroatoms. The first-order valence-corrected chi connectivity index (χ1v) is 7.23. The number of nitrogens with one attached hydrogen (secondary N) is 1. The van der Waals surface area contributed by atoms with Gasteiger partial charge in [0, 0.05) is 6.04 Å². The van der Waals surface area contributed by atoms with Crippen molar-refractivity contribution in [2.75, 3.05) is 0 Å². The van der Waals surface area contributed by atoms with Crippen molar-refractivity contribution in [3.05, 3.63) is 0 Å². The quantitative estimate of drug-likeness (QED) is 0.796. The van der Waals surface area contributed by atoms with Gasteiger partial charge in [-0.15, -0.1) is 0 Å². The second-order valence-corrected chi connectivity index (χ2v) is 6.62. The third-order valence-electron chi connectivity index (χ3n) is 3.78. The van der Waals surface area contributed by atoms with Gasteiger partial charge in [-0.3, -0.25) is 4.79 Å². The number of aliphatic carboxylic acids is 1. The second-order valence-electron chi connectivity index (χ2n) is 6.62. The molecular weight excluding hydrogens is 276 g/mol. The van der Waals surface area contributed by atoms with Gasteiger partial charge in [0.25, 0.3) is 0 Å². The molecule has 2 aliphatic rings. The lowest BCUT2D eigenvalue weighted by Gasteiger charge is -2.34. The maximum absolute atomic E-state index is 12.3. The van der Waals surface area contributed by atoms with Crippen molar-refractivity contribution in [2.24, 2.45) is 0 Å². The number of carbonyl (C=O) groups is 3. The number of fused-ring (bicyclic) bond motifs is 1. The van der Waals surface area contributed by atoms with Gasteiger partial charge in [0.05, 0.1) is 0 Å². The van der Waals surface area contributed by atoms with Crippen LogP contribution in [-0.4, -0.2) is 51.7 Å². The average molecular weight is 298 g/mol. The zero-order valence-electron chi connectivity index (χ0n) is 12.6. The van der Waals surface area contributed by atoms with Crippen molar-refractivity contribution in [3.8, 4) is 0 Å². The number of rotatable bonds is 2. The van der Waals surface area contributed by atoms with Crippen LogP contribution in [0.1, 0.15) is 46.5 Å². The molecule has 0 aromatic carbocycles. The molecule has 118 valence electrons. The molecule has 21 heavy (non-hydrogen) atoms. The number of nitrogens with zero attached hydrogens (tertiary/aromatic N) is 1. The molecule has 2 aliphatic heterocycles. The Morgan fingerprint density at radius 2 is 2.00 bits per heavy atom. The summed E-state index contributed by atoms with van der Waals surface area (Å²) in [5, 5.41) is 11.8. The normalized spacial score (nSPS) is 29.0. The molecular formula is C14H22N2O5. The van der Waals surface area contributed by atoms with Crippen LogP contribution in [-0.2, 0) is 14.3 Å². The molecule has 7 nitrogen and oxygen atoms in total. The van der Waals surface area contributed by atoms with E-state index in [9.17, 15) is 19.5 Å². The lowest BCUT2D eigenvalue weighted by Crippen LogP contribution is -2.51. The predicted octanol–water partition coefficient (Wildman–Crippen LogP) is 1.12. The van der Waals surface area contributed by atoms with Gasteiger partial charge in [-0.1, -0.05) is 0 Å². The smallest absolute Gasteiger partial charge is 0.408 e. The molecule has 2 rings (SSSR count). The maximum Gasteiger partial charge on any atom is 0.408 e. The summed E-state index contributed by atoms with van der Waals surface area (Å²) < 4.78 is 5.14. The fourth-order valence-corrected chi connectivity index (χ4v) is 3.01. The summed E-state index contributed by atoms with van der Waals surface area (Å²) in [5.41, 5.74) is -0.637. The Labute approximate surface area is 123 Å². The van der Waals surface area contributed by atoms with Gasteiger partial charge < -0.3 is 20.1 Å². The lowest BCUT2D eigenvalue weighted by molar-refractivity contribution is -0.152. The molecule has 0 aromatic rings. The predicted molar refractivity (Wildman–Crippen MR) is 73.7 cm³/mol. The molecule has 2 saturated heterocycles. The van der Waals surface area contributed by atoms with Crippen LogP contribution in [0.4, 0.5) is 4.79 Å². The Hall–Kier alpha value is -1.79. The third-order valence-corrected chi connectivity index (χ3v) is 3.78. The average Bonchev–Trinajstić information content (AvgIpc) is 2.63. The fourth-order valence-electron chi connectivity index (χ4n) is 3.01. The highest BCUT2D eigenvalue weighted by atomic mass is 16.6. The number of alkyl carbamates (subject to hydrolysis) is 1. The number of ether oxygens (including phenoxy) is 1. The van der Waals surface area contributed by atoms with Gasteiger partial charge in [0.15, 0.2) is 0 Å². The molecule has 2 amide bonds. The molecule has 0 bridgehead atoms. The highest BCUT2D eigenvalue weighted by molar-refractivity contribution is 5.91. The van der Waals surface area contributed by atoms with Crippen LogP contribution < -0.4 is 5.32 Å². The summed E-state index contributed by atoms with van der Waals surface area (Å²) in [6, 6.07) is -1.57. The van der Waals surface area contributed by atoms with Crippen molar-refractivity contribution < 1.29 is 24.2 Å². The number of hydrogen-bond acceptors (Lipinski definition) is 4. The van der Waals surface area contributed by atoms with E-state index in [4.69, 9.17) is 4.74 Å². The van der Waals surface area contributed by atoms with Crippen LogP contribution in [0.3, 0.4) is 0 Å². The highest BCUT2D eigenvalue weighted by Gasteiger charge is 2.47. The first-order chi connectivity index (χ1) is 9.69. The SMILES string of the molecule is CC(C)(C)OC(=O)N[C@H]1C[C@@H]2CCC[C@H](C(=O)O)N2C1=O. The monoisotopic (exact) mass is 298 g/mol. The van der Waals surface area contributed by atoms with Gasteiger partial charge in [-0.2, -0.15) is 0 Å². The number of carboxylic acids is 1. The van der Waals surface area contributed by atoms with Gasteiger partial charge >= 0.3 is 12.1 Å². The summed E-state index contributed by atoms with van der Waals surface area (Å²) in [6.45, 7) is 5.23. The number of hydrogen-bond donors (Lipinski definition) is 2. The Morgan fingerprint density at radius 1 is 1.33 bits per heavy atom. The van der Waals surface area contributed by atoms with Crippen LogP contribution in [0.5, 0.6) is 0 Å². The largest absolute Gasteiger partial charge is 0.480 e. The number of carbonyl (C=O) groups excluding carboxylic acids is 2. The summed E-state index contributed by atoms with van der Waals surface area (Å²) >= 11 is 0. The highest BCUT2D eigenvalue weighted by Crippen LogP contribution is 2.32. The van der Waals surface area contributed by atoms with Crippen molar-refractivity contribution >= 4 is 18.0 Å². The van der Waals surface area contributed by atoms with Crippen molar-refractivity contribution in [1.29, 1.82) is 0 Å². The molecule has 0 spiro atoms. The van der Waals surface area contributed by atoms with Gasteiger partial charge in [-0.25, -0.2) is 9.59 Å². The molecule has 2 heterocycles. The van der Waals surface area contributed by atoms with Gasteiger partial charge in [-0.05, 0) is 46.5 Å². The Balaban J connectivity index is 2.03. The van der Waals surface area contributed by atoms with E-state index >= 15 is 0 Å². The number of amides is 2. The molecule has 0 saturated carbocycles. The van der Waals surface area contributed by atoms with Crippen molar-refractivity contribution in [2.45, 2.75) is 70.2 Å². The summed E-state index contributed by atoms with van der Waals surface area (Å²) in [5.74, 6) is -1.30. The molecule has 0 aromatic heterocycles. The van der Waals surface area contributed by atoms with E-state index in [1.165, 1.54) is 4.90 Å². The first-order valence-electron chi connectivity index (χ1n) is 7.23. The first kappa shape index (κ1) is 15.6. The van der Waals surface area contributed by atoms with E-state index in [1.807, 2.05) is 0 Å². The number of piperidine rings is 1. The van der Waals surface area contributed by atoms with Gasteiger partial charge in [0.2, 0.25) is 5.91 Å². The van der Waals surface area contributed by atoms with Crippen molar-refractivity contribution in [1.82, 2.24) is 10.2 Å². The van der Waals surface area contributed by atoms with E-state index in [-0.39, 0.29) is 11.9 Å². The molecule has 2 N–H and O–H groups in total. The Kier molecular flexibility index (Phi) is 4.11. The minimum atomic E-state index is -0.981. The zero-order chi connectivity index (χ0) is 15.8. The van der Waals surface area contributed by atoms with Crippen LogP contribution in [0.25, 0.3) is 0 Å². The van der Waals surface area contributed by atoms with E-state index < -0.39 is 29.7 Å². The zero-order valence-corrected chi connectivity index (χ0v) is 12.6. The van der Waals surface area contributed by atoms with Crippen LogP contribution in [0, 0.1) is 0 Å². The van der Waals surface area contributed by atoms with E-state index in [2.05, 4.69) is 5.32 Å². The van der Waals surface area contributed by atoms with Gasteiger partial charge in [0.1, 0.15) is 17.7 Å². The number of carboxylic acid groups (broad SMARTS) is 1. The second kappa shape index (κ2) is 5.54. The van der Waals surface area contributed by atoms with E-state index in [0.29, 0.717) is 12.8 Å². The van der Waals surface area contributed by atoms with Crippen molar-refractivity contribution in [3.63, 3.8) is 0 Å². The van der Waals surface area contributed by atoms with Crippen LogP contribution in [0.2, 0.25) is 0 Å². The fraction of sp³-hybridized carbons (Fsp3) is 0.786. The standard InChI is InChI=1S/C14H22N2O5/c1-14(2,3)21-13(20)15-9-7-8-5-4-6-10(12(18)19)16(8)11(9)17/h8-10H,4-7H2,1-3H3,(H,15,20)(H,18,19)/t8-,9-,10+/m0/s1. The minimum absolute atomic E-state index is 0.104. The third kappa shape index (κ3) is 3.46. The maximum atomic E-state index is 12.3. The van der Waals surface area contributed by atoms with E-state index in [1.54, 1.807) is 20.8 Å². The van der Waals surface area contributed by atoms with Crippen LogP contribution in [0.15, 0.2) is 0 Å². The summed E-state index contributed by atoms with van der Waals surface area (Å²) in [6.07, 6.45) is 1.83. The van der Waals surface area contributed by atoms with Crippen LogP contribution >= 0.6 is 0 Å². The Morgan fingerprint density at radius 3 is 2.57 bits per heavy atom. The van der Waals surface area contributed by atoms with E-state index in [0.717, 1.165) is 12.8 Å². The summed E-state index contributed by atoms with van der Waals surface area (Å²) in [4.78, 5) is 36.8. The lowest BCUT2D eigenvalue weighted by atomic mass is 9.96. The molecule has 0 unspecified atom stereocenters. The molecule has 0 aliphatic carbocycles. The molecule has 2 fully saturated rings. The minimum Gasteiger partial charge on any atom is -0.480 e. The summed E-state index contributed by atoms with van der Waals surface area (Å²) in [7, 11) is 0. The molecule has 0 radical (unpaired) electrons. The molecule has 3 atom stereocenters.